The molecule has 18 heavy (non-hydrogen) atoms. The molecule has 104 valence electrons. The fourth-order valence-electron chi connectivity index (χ4n) is 2.67. The van der Waals surface area contributed by atoms with Crippen LogP contribution in [0.4, 0.5) is 0 Å². The fourth-order valence-corrected chi connectivity index (χ4v) is 4.15. The molecule has 1 amide bonds. The average molecular weight is 275 g/mol. The van der Waals surface area contributed by atoms with Crippen LogP contribution in [0.5, 0.6) is 0 Å². The van der Waals surface area contributed by atoms with Gasteiger partial charge in [0, 0.05) is 31.6 Å². The van der Waals surface area contributed by atoms with Gasteiger partial charge in [0.2, 0.25) is 5.91 Å². The predicted octanol–water partition coefficient (Wildman–Crippen LogP) is -0.170. The number of hydrogen-bond donors (Lipinski definition) is 2. The van der Waals surface area contributed by atoms with Gasteiger partial charge in [-0.25, -0.2) is 0 Å². The molecule has 2 saturated heterocycles. The Kier molecular flexibility index (Phi) is 3.93. The third-order valence-corrected chi connectivity index (χ3v) is 5.29. The standard InChI is InChI=1S/C11H21N3O3S/c1-8(2)13-18(16,17)14-6-5-10-9(7-14)3-4-11(15)12-10/h8-10,13H,3-7H2,1-2H3,(H,12,15). The summed E-state index contributed by atoms with van der Waals surface area (Å²) < 4.78 is 28.2. The SMILES string of the molecule is CC(C)NS(=O)(=O)N1CCC2NC(=O)CCC2C1. The first-order chi connectivity index (χ1) is 8.38. The molecule has 7 heteroatoms. The summed E-state index contributed by atoms with van der Waals surface area (Å²) in [6.07, 6.45) is 1.99. The summed E-state index contributed by atoms with van der Waals surface area (Å²) >= 11 is 0. The molecule has 2 aliphatic heterocycles. The lowest BCUT2D eigenvalue weighted by atomic mass is 9.86. The van der Waals surface area contributed by atoms with Gasteiger partial charge in [0.1, 0.15) is 0 Å². The maximum Gasteiger partial charge on any atom is 0.279 e. The number of piperidine rings is 2. The molecule has 0 radical (unpaired) electrons. The Morgan fingerprint density at radius 1 is 1.39 bits per heavy atom. The van der Waals surface area contributed by atoms with Gasteiger partial charge < -0.3 is 5.32 Å². The van der Waals surface area contributed by atoms with Crippen LogP contribution in [0, 0.1) is 5.92 Å². The fraction of sp³-hybridized carbons (Fsp3) is 0.909. The molecule has 0 spiro atoms. The number of carbonyl (C=O) groups excluding carboxylic acids is 1. The van der Waals surface area contributed by atoms with E-state index in [9.17, 15) is 13.2 Å². The van der Waals surface area contributed by atoms with Crippen molar-refractivity contribution < 1.29 is 13.2 Å². The van der Waals surface area contributed by atoms with Gasteiger partial charge in [0.05, 0.1) is 0 Å². The van der Waals surface area contributed by atoms with Crippen LogP contribution in [-0.4, -0.2) is 43.8 Å². The molecule has 2 fully saturated rings. The summed E-state index contributed by atoms with van der Waals surface area (Å²) in [4.78, 5) is 11.3. The number of rotatable bonds is 3. The molecule has 2 rings (SSSR count). The lowest BCUT2D eigenvalue weighted by Crippen LogP contribution is -2.57. The van der Waals surface area contributed by atoms with Crippen molar-refractivity contribution >= 4 is 16.1 Å². The second-order valence-corrected chi connectivity index (χ2v) is 7.10. The van der Waals surface area contributed by atoms with Crippen molar-refractivity contribution in [2.24, 2.45) is 5.92 Å². The third-order valence-electron chi connectivity index (χ3n) is 3.51. The van der Waals surface area contributed by atoms with E-state index in [4.69, 9.17) is 0 Å². The zero-order chi connectivity index (χ0) is 13.3. The second-order valence-electron chi connectivity index (χ2n) is 5.40. The Balaban J connectivity index is 2.01. The first kappa shape index (κ1) is 13.8. The van der Waals surface area contributed by atoms with E-state index >= 15 is 0 Å². The van der Waals surface area contributed by atoms with Gasteiger partial charge >= 0.3 is 0 Å². The highest BCUT2D eigenvalue weighted by atomic mass is 32.2. The summed E-state index contributed by atoms with van der Waals surface area (Å²) in [5.74, 6) is 0.341. The van der Waals surface area contributed by atoms with Crippen LogP contribution in [-0.2, 0) is 15.0 Å². The zero-order valence-corrected chi connectivity index (χ0v) is 11.7. The minimum atomic E-state index is -3.38. The van der Waals surface area contributed by atoms with Gasteiger partial charge in [-0.15, -0.1) is 0 Å². The lowest BCUT2D eigenvalue weighted by Gasteiger charge is -2.40. The number of nitrogens with zero attached hydrogens (tertiary/aromatic N) is 1. The first-order valence-corrected chi connectivity index (χ1v) is 7.89. The summed E-state index contributed by atoms with van der Waals surface area (Å²) in [5, 5.41) is 2.95. The van der Waals surface area contributed by atoms with Crippen molar-refractivity contribution in [3.63, 3.8) is 0 Å². The summed E-state index contributed by atoms with van der Waals surface area (Å²) in [5.41, 5.74) is 0. The largest absolute Gasteiger partial charge is 0.353 e. The van der Waals surface area contributed by atoms with Gasteiger partial charge in [-0.2, -0.15) is 17.4 Å². The van der Waals surface area contributed by atoms with Gasteiger partial charge in [-0.1, -0.05) is 0 Å². The molecule has 0 bridgehead atoms. The molecule has 0 aromatic carbocycles. The first-order valence-electron chi connectivity index (χ1n) is 6.45. The monoisotopic (exact) mass is 275 g/mol. The maximum atomic E-state index is 12.1. The van der Waals surface area contributed by atoms with Crippen molar-refractivity contribution in [3.8, 4) is 0 Å². The Labute approximate surface area is 108 Å². The molecular weight excluding hydrogens is 254 g/mol. The zero-order valence-electron chi connectivity index (χ0n) is 10.8. The average Bonchev–Trinajstić information content (AvgIpc) is 2.26. The lowest BCUT2D eigenvalue weighted by molar-refractivity contribution is -0.124. The van der Waals surface area contributed by atoms with Crippen LogP contribution in [0.25, 0.3) is 0 Å². The third kappa shape index (κ3) is 3.02. The number of amides is 1. The second kappa shape index (κ2) is 5.14. The molecule has 2 unspecified atom stereocenters. The molecule has 2 aliphatic rings. The maximum absolute atomic E-state index is 12.1. The Morgan fingerprint density at radius 2 is 2.11 bits per heavy atom. The van der Waals surface area contributed by atoms with E-state index in [1.165, 1.54) is 4.31 Å². The van der Waals surface area contributed by atoms with E-state index in [-0.39, 0.29) is 23.9 Å². The molecule has 0 aromatic heterocycles. The molecule has 2 heterocycles. The van der Waals surface area contributed by atoms with Crippen molar-refractivity contribution in [1.29, 1.82) is 0 Å². The molecule has 2 atom stereocenters. The van der Waals surface area contributed by atoms with E-state index in [0.717, 1.165) is 6.42 Å². The van der Waals surface area contributed by atoms with Gasteiger partial charge in [0.15, 0.2) is 0 Å². The summed E-state index contributed by atoms with van der Waals surface area (Å²) in [6, 6.07) is 0.0514. The van der Waals surface area contributed by atoms with Crippen molar-refractivity contribution in [3.05, 3.63) is 0 Å². The minimum Gasteiger partial charge on any atom is -0.353 e. The molecule has 6 nitrogen and oxygen atoms in total. The van der Waals surface area contributed by atoms with E-state index < -0.39 is 10.2 Å². The van der Waals surface area contributed by atoms with Crippen molar-refractivity contribution in [1.82, 2.24) is 14.3 Å². The van der Waals surface area contributed by atoms with Crippen LogP contribution in [0.1, 0.15) is 33.1 Å². The van der Waals surface area contributed by atoms with Gasteiger partial charge in [-0.05, 0) is 32.6 Å². The molecule has 0 aromatic rings. The molecule has 0 aliphatic carbocycles. The highest BCUT2D eigenvalue weighted by molar-refractivity contribution is 7.87. The number of nitrogens with one attached hydrogen (secondary N) is 2. The summed E-state index contributed by atoms with van der Waals surface area (Å²) in [6.45, 7) is 4.60. The molecule has 0 saturated carbocycles. The minimum absolute atomic E-state index is 0.0906. The highest BCUT2D eigenvalue weighted by Gasteiger charge is 2.37. The number of fused-ring (bicyclic) bond motifs is 1. The van der Waals surface area contributed by atoms with E-state index in [1.54, 1.807) is 0 Å². The van der Waals surface area contributed by atoms with Gasteiger partial charge in [0.25, 0.3) is 10.2 Å². The van der Waals surface area contributed by atoms with Gasteiger partial charge in [-0.3, -0.25) is 4.79 Å². The smallest absolute Gasteiger partial charge is 0.279 e. The molecular formula is C11H21N3O3S. The Morgan fingerprint density at radius 3 is 2.78 bits per heavy atom. The highest BCUT2D eigenvalue weighted by Crippen LogP contribution is 2.26. The van der Waals surface area contributed by atoms with E-state index in [0.29, 0.717) is 25.9 Å². The normalized spacial score (nSPS) is 30.1. The Bertz CT molecular complexity index is 421. The number of carbonyl (C=O) groups is 1. The van der Waals surface area contributed by atoms with Crippen LogP contribution in [0.15, 0.2) is 0 Å². The quantitative estimate of drug-likeness (QED) is 0.750. The summed E-state index contributed by atoms with van der Waals surface area (Å²) in [7, 11) is -3.38. The molecule has 2 N–H and O–H groups in total. The topological polar surface area (TPSA) is 78.5 Å². The van der Waals surface area contributed by atoms with E-state index in [1.807, 2.05) is 13.8 Å². The predicted molar refractivity (Wildman–Crippen MR) is 68.0 cm³/mol. The number of hydrogen-bond acceptors (Lipinski definition) is 3. The van der Waals surface area contributed by atoms with Crippen LogP contribution < -0.4 is 10.0 Å². The Hall–Kier alpha value is -0.660. The van der Waals surface area contributed by atoms with E-state index in [2.05, 4.69) is 10.0 Å². The van der Waals surface area contributed by atoms with Crippen LogP contribution in [0.3, 0.4) is 0 Å². The van der Waals surface area contributed by atoms with Crippen molar-refractivity contribution in [2.75, 3.05) is 13.1 Å². The van der Waals surface area contributed by atoms with Crippen LogP contribution >= 0.6 is 0 Å². The van der Waals surface area contributed by atoms with Crippen molar-refractivity contribution in [2.45, 2.75) is 45.2 Å². The van der Waals surface area contributed by atoms with Crippen LogP contribution in [0.2, 0.25) is 0 Å².